The van der Waals surface area contributed by atoms with E-state index in [1.54, 1.807) is 6.07 Å². The molecule has 26 heavy (non-hydrogen) atoms. The summed E-state index contributed by atoms with van der Waals surface area (Å²) in [6, 6.07) is 5.69. The second-order valence-electron chi connectivity index (χ2n) is 6.24. The summed E-state index contributed by atoms with van der Waals surface area (Å²) in [6.45, 7) is 5.59. The van der Waals surface area contributed by atoms with Gasteiger partial charge in [-0.25, -0.2) is 9.38 Å². The van der Waals surface area contributed by atoms with Gasteiger partial charge < -0.3 is 20.3 Å². The first kappa shape index (κ1) is 19.7. The summed E-state index contributed by atoms with van der Waals surface area (Å²) in [6.07, 6.45) is 0. The largest absolute Gasteiger partial charge is 0.469 e. The number of hydrogen-bond donors (Lipinski definition) is 2. The SMILES string of the molecule is CCNC(=NCC(=O)Nc1cccc(F)c1)N1CC(C)C(C(=O)OC)C1. The number of carbonyl (C=O) groups is 2. The Balaban J connectivity index is 2.00. The van der Waals surface area contributed by atoms with Crippen LogP contribution in [-0.4, -0.2) is 56.0 Å². The van der Waals surface area contributed by atoms with Gasteiger partial charge in [0.25, 0.3) is 0 Å². The number of methoxy groups -OCH3 is 1. The van der Waals surface area contributed by atoms with Crippen LogP contribution in [0, 0.1) is 17.7 Å². The van der Waals surface area contributed by atoms with Crippen LogP contribution >= 0.6 is 0 Å². The van der Waals surface area contributed by atoms with Crippen LogP contribution in [0.3, 0.4) is 0 Å². The average Bonchev–Trinajstić information content (AvgIpc) is 2.99. The molecule has 2 atom stereocenters. The van der Waals surface area contributed by atoms with E-state index >= 15 is 0 Å². The summed E-state index contributed by atoms with van der Waals surface area (Å²) < 4.78 is 18.0. The number of esters is 1. The van der Waals surface area contributed by atoms with Crippen LogP contribution < -0.4 is 10.6 Å². The maximum Gasteiger partial charge on any atom is 0.310 e. The minimum atomic E-state index is -0.417. The normalized spacial score (nSPS) is 20.0. The van der Waals surface area contributed by atoms with Gasteiger partial charge in [-0.3, -0.25) is 9.59 Å². The van der Waals surface area contributed by atoms with Crippen molar-refractivity contribution in [3.8, 4) is 0 Å². The summed E-state index contributed by atoms with van der Waals surface area (Å²) in [5.74, 6) is -0.514. The molecular formula is C18H25FN4O3. The predicted molar refractivity (Wildman–Crippen MR) is 97.3 cm³/mol. The molecule has 0 saturated carbocycles. The van der Waals surface area contributed by atoms with Crippen molar-refractivity contribution in [2.75, 3.05) is 38.6 Å². The second kappa shape index (κ2) is 9.17. The summed E-state index contributed by atoms with van der Waals surface area (Å²) in [5.41, 5.74) is 0.385. The second-order valence-corrected chi connectivity index (χ2v) is 6.24. The molecule has 0 aliphatic carbocycles. The van der Waals surface area contributed by atoms with E-state index < -0.39 is 5.82 Å². The minimum absolute atomic E-state index is 0.105. The number of likely N-dealkylation sites (tertiary alicyclic amines) is 1. The van der Waals surface area contributed by atoms with Gasteiger partial charge in [-0.05, 0) is 31.0 Å². The number of rotatable bonds is 5. The van der Waals surface area contributed by atoms with Crippen LogP contribution in [0.15, 0.2) is 29.3 Å². The fraction of sp³-hybridized carbons (Fsp3) is 0.500. The molecule has 2 rings (SSSR count). The van der Waals surface area contributed by atoms with Crippen LogP contribution in [-0.2, 0) is 14.3 Å². The van der Waals surface area contributed by atoms with Crippen molar-refractivity contribution in [1.29, 1.82) is 0 Å². The van der Waals surface area contributed by atoms with Gasteiger partial charge in [0, 0.05) is 25.3 Å². The molecule has 2 unspecified atom stereocenters. The van der Waals surface area contributed by atoms with E-state index in [9.17, 15) is 14.0 Å². The van der Waals surface area contributed by atoms with E-state index in [0.717, 1.165) is 0 Å². The Kier molecular flexibility index (Phi) is 6.94. The number of amides is 1. The molecular weight excluding hydrogens is 339 g/mol. The third-order valence-corrected chi connectivity index (χ3v) is 4.23. The van der Waals surface area contributed by atoms with Crippen molar-refractivity contribution in [1.82, 2.24) is 10.2 Å². The van der Waals surface area contributed by atoms with Crippen molar-refractivity contribution >= 4 is 23.5 Å². The number of hydrogen-bond acceptors (Lipinski definition) is 4. The zero-order valence-corrected chi connectivity index (χ0v) is 15.3. The molecule has 1 fully saturated rings. The Hall–Kier alpha value is -2.64. The van der Waals surface area contributed by atoms with Gasteiger partial charge in [0.2, 0.25) is 5.91 Å². The topological polar surface area (TPSA) is 83.0 Å². The lowest BCUT2D eigenvalue weighted by Gasteiger charge is -2.21. The van der Waals surface area contributed by atoms with Crippen LogP contribution in [0.25, 0.3) is 0 Å². The van der Waals surface area contributed by atoms with E-state index in [0.29, 0.717) is 31.3 Å². The molecule has 142 valence electrons. The molecule has 1 aliphatic rings. The number of carbonyl (C=O) groups excluding carboxylic acids is 2. The van der Waals surface area contributed by atoms with Gasteiger partial charge in [-0.15, -0.1) is 0 Å². The highest BCUT2D eigenvalue weighted by atomic mass is 19.1. The molecule has 2 N–H and O–H groups in total. The number of nitrogens with one attached hydrogen (secondary N) is 2. The van der Waals surface area contributed by atoms with Crippen molar-refractivity contribution < 1.29 is 18.7 Å². The first-order valence-corrected chi connectivity index (χ1v) is 8.61. The van der Waals surface area contributed by atoms with Crippen LogP contribution in [0.1, 0.15) is 13.8 Å². The lowest BCUT2D eigenvalue weighted by atomic mass is 9.99. The van der Waals surface area contributed by atoms with Gasteiger partial charge >= 0.3 is 5.97 Å². The van der Waals surface area contributed by atoms with Gasteiger partial charge in [-0.1, -0.05) is 13.0 Å². The highest BCUT2D eigenvalue weighted by molar-refractivity contribution is 5.94. The molecule has 1 saturated heterocycles. The fourth-order valence-electron chi connectivity index (χ4n) is 2.94. The summed E-state index contributed by atoms with van der Waals surface area (Å²) in [7, 11) is 1.38. The number of ether oxygens (including phenoxy) is 1. The lowest BCUT2D eigenvalue weighted by molar-refractivity contribution is -0.146. The van der Waals surface area contributed by atoms with E-state index in [-0.39, 0.29) is 30.3 Å². The first-order valence-electron chi connectivity index (χ1n) is 8.61. The van der Waals surface area contributed by atoms with E-state index in [2.05, 4.69) is 15.6 Å². The molecule has 0 bridgehead atoms. The zero-order valence-electron chi connectivity index (χ0n) is 15.3. The zero-order chi connectivity index (χ0) is 19.1. The Bertz CT molecular complexity index is 680. The van der Waals surface area contributed by atoms with Gasteiger partial charge in [-0.2, -0.15) is 0 Å². The number of halogens is 1. The Morgan fingerprint density at radius 3 is 2.81 bits per heavy atom. The molecule has 7 nitrogen and oxygen atoms in total. The van der Waals surface area contributed by atoms with Crippen molar-refractivity contribution in [3.63, 3.8) is 0 Å². The number of anilines is 1. The number of nitrogens with zero attached hydrogens (tertiary/aromatic N) is 2. The van der Waals surface area contributed by atoms with Gasteiger partial charge in [0.15, 0.2) is 5.96 Å². The smallest absolute Gasteiger partial charge is 0.310 e. The van der Waals surface area contributed by atoms with E-state index in [4.69, 9.17) is 4.74 Å². The molecule has 0 radical (unpaired) electrons. The number of guanidine groups is 1. The van der Waals surface area contributed by atoms with Crippen molar-refractivity contribution in [2.45, 2.75) is 13.8 Å². The maximum absolute atomic E-state index is 13.2. The average molecular weight is 364 g/mol. The van der Waals surface area contributed by atoms with Crippen LogP contribution in [0.5, 0.6) is 0 Å². The quantitative estimate of drug-likeness (QED) is 0.470. The van der Waals surface area contributed by atoms with Crippen LogP contribution in [0.2, 0.25) is 0 Å². The Morgan fingerprint density at radius 1 is 1.38 bits per heavy atom. The lowest BCUT2D eigenvalue weighted by Crippen LogP contribution is -2.41. The molecule has 1 heterocycles. The standard InChI is InChI=1S/C18H25FN4O3/c1-4-20-18(23-10-12(2)15(11-23)17(25)26-3)21-9-16(24)22-14-7-5-6-13(19)8-14/h5-8,12,15H,4,9-11H2,1-3H3,(H,20,21)(H,22,24). The van der Waals surface area contributed by atoms with Gasteiger partial charge in [0.05, 0.1) is 13.0 Å². The predicted octanol–water partition coefficient (Wildman–Crippen LogP) is 1.47. The van der Waals surface area contributed by atoms with Crippen molar-refractivity contribution in [3.05, 3.63) is 30.1 Å². The molecule has 1 aliphatic heterocycles. The Labute approximate surface area is 152 Å². The highest BCUT2D eigenvalue weighted by Crippen LogP contribution is 2.24. The molecule has 1 amide bonds. The molecule has 0 aromatic heterocycles. The summed E-state index contributed by atoms with van der Waals surface area (Å²) in [4.78, 5) is 30.2. The number of aliphatic imine (C=N–C) groups is 1. The minimum Gasteiger partial charge on any atom is -0.469 e. The monoisotopic (exact) mass is 364 g/mol. The summed E-state index contributed by atoms with van der Waals surface area (Å²) in [5, 5.41) is 5.74. The molecule has 8 heteroatoms. The third-order valence-electron chi connectivity index (χ3n) is 4.23. The highest BCUT2D eigenvalue weighted by Gasteiger charge is 2.36. The van der Waals surface area contributed by atoms with Crippen LogP contribution in [0.4, 0.5) is 10.1 Å². The molecule has 1 aromatic rings. The summed E-state index contributed by atoms with van der Waals surface area (Å²) >= 11 is 0. The van der Waals surface area contributed by atoms with E-state index in [1.165, 1.54) is 25.3 Å². The Morgan fingerprint density at radius 2 is 2.15 bits per heavy atom. The van der Waals surface area contributed by atoms with E-state index in [1.807, 2.05) is 18.7 Å². The molecule has 1 aromatic carbocycles. The first-order chi connectivity index (χ1) is 12.4. The third kappa shape index (κ3) is 5.18. The van der Waals surface area contributed by atoms with Crippen molar-refractivity contribution in [2.24, 2.45) is 16.8 Å². The molecule has 0 spiro atoms. The fourth-order valence-corrected chi connectivity index (χ4v) is 2.94. The van der Waals surface area contributed by atoms with Gasteiger partial charge in [0.1, 0.15) is 12.4 Å². The maximum atomic E-state index is 13.2. The number of benzene rings is 1.